The molecule has 0 fully saturated rings. The van der Waals surface area contributed by atoms with E-state index in [2.05, 4.69) is 56.3 Å². The number of fused-ring (bicyclic) bond motifs is 1. The Morgan fingerprint density at radius 3 is 1.30 bits per heavy atom. The van der Waals surface area contributed by atoms with Crippen molar-refractivity contribution >= 4 is 21.9 Å². The zero-order chi connectivity index (χ0) is 27.6. The Bertz CT molecular complexity index is 1900. The first-order valence-electron chi connectivity index (χ1n) is 12.9. The first kappa shape index (κ1) is 24.6. The standard InChI is InChI=1S/C34H24N6/c1-21-9-13-23(14-10-21)31-29-30(34(39-31)26(20-36)28-8-4-6-18-38-28)32(24-15-11-22(2)12-16-24)40-33(29)25(19-35)27-7-3-5-17-37-27/h3-18,39-40H,1-2H3/b33-25-,34-26-. The number of nitrogens with one attached hydrogen (secondary N) is 2. The van der Waals surface area contributed by atoms with Crippen molar-refractivity contribution in [3.8, 4) is 34.7 Å². The lowest BCUT2D eigenvalue weighted by atomic mass is 10.0. The summed E-state index contributed by atoms with van der Waals surface area (Å²) in [6, 6.07) is 32.2. The zero-order valence-electron chi connectivity index (χ0n) is 22.0. The van der Waals surface area contributed by atoms with Gasteiger partial charge in [-0.05, 0) is 49.2 Å². The van der Waals surface area contributed by atoms with Gasteiger partial charge in [0.1, 0.15) is 23.3 Å². The predicted octanol–water partition coefficient (Wildman–Crippen LogP) is 5.68. The van der Waals surface area contributed by atoms with Crippen LogP contribution in [0.25, 0.3) is 44.4 Å². The van der Waals surface area contributed by atoms with Crippen LogP contribution in [0.3, 0.4) is 0 Å². The number of nitriles is 2. The molecule has 40 heavy (non-hydrogen) atoms. The summed E-state index contributed by atoms with van der Waals surface area (Å²) in [5.74, 6) is 0. The SMILES string of the molecule is Cc1ccc(-c2[nH]/c(=C(/C#N)c3ccccn3)c3c(-c4ccc(C)cc4)[nH]/c(=C(/C#N)c4ccccn4)c23)cc1. The molecule has 0 amide bonds. The van der Waals surface area contributed by atoms with Gasteiger partial charge in [0.05, 0.1) is 33.5 Å². The fourth-order valence-electron chi connectivity index (χ4n) is 5.00. The number of hydrogen-bond donors (Lipinski definition) is 2. The Morgan fingerprint density at radius 2 is 0.975 bits per heavy atom. The quantitative estimate of drug-likeness (QED) is 0.314. The Morgan fingerprint density at radius 1 is 0.575 bits per heavy atom. The van der Waals surface area contributed by atoms with Gasteiger partial charge in [0.2, 0.25) is 0 Å². The van der Waals surface area contributed by atoms with E-state index in [1.165, 1.54) is 0 Å². The van der Waals surface area contributed by atoms with Crippen LogP contribution in [0.15, 0.2) is 97.3 Å². The van der Waals surface area contributed by atoms with E-state index in [1.54, 1.807) is 12.4 Å². The van der Waals surface area contributed by atoms with Crippen LogP contribution in [0, 0.1) is 36.5 Å². The summed E-state index contributed by atoms with van der Waals surface area (Å²) in [5, 5.41) is 23.8. The van der Waals surface area contributed by atoms with E-state index < -0.39 is 0 Å². The third-order valence-corrected chi connectivity index (χ3v) is 7.00. The summed E-state index contributed by atoms with van der Waals surface area (Å²) < 4.78 is 0. The molecule has 190 valence electrons. The fraction of sp³-hybridized carbons (Fsp3) is 0.0588. The van der Waals surface area contributed by atoms with Gasteiger partial charge in [0.25, 0.3) is 0 Å². The van der Waals surface area contributed by atoms with Gasteiger partial charge in [-0.1, -0.05) is 71.8 Å². The lowest BCUT2D eigenvalue weighted by Gasteiger charge is -2.03. The highest BCUT2D eigenvalue weighted by atomic mass is 14.8. The number of benzene rings is 2. The number of H-pyrrole nitrogens is 2. The maximum absolute atomic E-state index is 10.4. The van der Waals surface area contributed by atoms with Crippen LogP contribution >= 0.6 is 0 Å². The van der Waals surface area contributed by atoms with Gasteiger partial charge in [0, 0.05) is 23.2 Å². The van der Waals surface area contributed by atoms with Crippen LogP contribution in [0.4, 0.5) is 0 Å². The molecular weight excluding hydrogens is 492 g/mol. The third-order valence-electron chi connectivity index (χ3n) is 7.00. The first-order chi connectivity index (χ1) is 19.6. The Kier molecular flexibility index (Phi) is 6.28. The lowest BCUT2D eigenvalue weighted by Crippen LogP contribution is -2.11. The van der Waals surface area contributed by atoms with E-state index >= 15 is 0 Å². The van der Waals surface area contributed by atoms with Gasteiger partial charge in [0.15, 0.2) is 0 Å². The summed E-state index contributed by atoms with van der Waals surface area (Å²) >= 11 is 0. The number of aromatic nitrogens is 4. The minimum Gasteiger partial charge on any atom is -0.353 e. The van der Waals surface area contributed by atoms with Gasteiger partial charge < -0.3 is 9.97 Å². The Labute approximate surface area is 231 Å². The largest absolute Gasteiger partial charge is 0.353 e. The highest BCUT2D eigenvalue weighted by molar-refractivity contribution is 6.07. The third kappa shape index (κ3) is 4.24. The van der Waals surface area contributed by atoms with Crippen molar-refractivity contribution in [3.63, 3.8) is 0 Å². The van der Waals surface area contributed by atoms with E-state index in [0.717, 1.165) is 44.4 Å². The van der Waals surface area contributed by atoms with E-state index in [1.807, 2.05) is 74.5 Å². The molecule has 0 aliphatic rings. The molecule has 0 bridgehead atoms. The molecular formula is C34H24N6. The van der Waals surface area contributed by atoms with Gasteiger partial charge in [-0.15, -0.1) is 0 Å². The van der Waals surface area contributed by atoms with Crippen molar-refractivity contribution in [2.45, 2.75) is 13.8 Å². The van der Waals surface area contributed by atoms with E-state index in [-0.39, 0.29) is 0 Å². The van der Waals surface area contributed by atoms with Crippen LogP contribution in [-0.2, 0) is 0 Å². The molecule has 0 unspecified atom stereocenters. The summed E-state index contributed by atoms with van der Waals surface area (Å²) in [6.07, 6.45) is 3.36. The van der Waals surface area contributed by atoms with Crippen LogP contribution in [0.5, 0.6) is 0 Å². The highest BCUT2D eigenvalue weighted by Gasteiger charge is 2.22. The maximum atomic E-state index is 10.4. The minimum atomic E-state index is 0.416. The number of nitrogens with zero attached hydrogens (tertiary/aromatic N) is 4. The second-order valence-corrected chi connectivity index (χ2v) is 9.64. The molecule has 0 aliphatic carbocycles. The molecule has 0 aliphatic heterocycles. The molecule has 2 N–H and O–H groups in total. The summed E-state index contributed by atoms with van der Waals surface area (Å²) in [4.78, 5) is 16.1. The average Bonchev–Trinajstić information content (AvgIpc) is 3.56. The monoisotopic (exact) mass is 516 g/mol. The molecule has 0 saturated carbocycles. The van der Waals surface area contributed by atoms with Gasteiger partial charge in [-0.2, -0.15) is 10.5 Å². The van der Waals surface area contributed by atoms with Crippen LogP contribution in [0.2, 0.25) is 0 Å². The molecule has 6 nitrogen and oxygen atoms in total. The summed E-state index contributed by atoms with van der Waals surface area (Å²) in [7, 11) is 0. The molecule has 6 heteroatoms. The molecule has 0 spiro atoms. The molecule has 6 aromatic rings. The van der Waals surface area contributed by atoms with Crippen LogP contribution < -0.4 is 10.7 Å². The molecule has 4 aromatic heterocycles. The summed E-state index contributed by atoms with van der Waals surface area (Å²) in [6.45, 7) is 4.09. The van der Waals surface area contributed by atoms with Crippen molar-refractivity contribution in [2.24, 2.45) is 0 Å². The molecule has 6 rings (SSSR count). The second-order valence-electron chi connectivity index (χ2n) is 9.64. The Balaban J connectivity index is 1.88. The molecule has 4 heterocycles. The van der Waals surface area contributed by atoms with Crippen molar-refractivity contribution in [3.05, 3.63) is 131 Å². The number of rotatable bonds is 4. The zero-order valence-corrected chi connectivity index (χ0v) is 22.0. The molecule has 0 atom stereocenters. The van der Waals surface area contributed by atoms with E-state index in [4.69, 9.17) is 0 Å². The van der Waals surface area contributed by atoms with Crippen LogP contribution in [-0.4, -0.2) is 19.9 Å². The van der Waals surface area contributed by atoms with Crippen molar-refractivity contribution in [1.29, 1.82) is 10.5 Å². The average molecular weight is 517 g/mol. The number of aromatic amines is 2. The number of pyridine rings is 2. The smallest absolute Gasteiger partial charge is 0.104 e. The summed E-state index contributed by atoms with van der Waals surface area (Å²) in [5.41, 5.74) is 7.73. The topological polar surface area (TPSA) is 105 Å². The van der Waals surface area contributed by atoms with Gasteiger partial charge in [-0.3, -0.25) is 9.97 Å². The number of aryl methyl sites for hydroxylation is 2. The maximum Gasteiger partial charge on any atom is 0.104 e. The highest BCUT2D eigenvalue weighted by Crippen LogP contribution is 2.32. The van der Waals surface area contributed by atoms with Crippen molar-refractivity contribution < 1.29 is 0 Å². The van der Waals surface area contributed by atoms with Crippen LogP contribution in [0.1, 0.15) is 22.5 Å². The minimum absolute atomic E-state index is 0.416. The lowest BCUT2D eigenvalue weighted by molar-refractivity contribution is 1.23. The molecule has 0 saturated heterocycles. The van der Waals surface area contributed by atoms with Gasteiger partial charge in [-0.25, -0.2) is 0 Å². The molecule has 2 aromatic carbocycles. The first-order valence-corrected chi connectivity index (χ1v) is 12.9. The normalized spacial score (nSPS) is 12.5. The second kappa shape index (κ2) is 10.2. The Hall–Kier alpha value is -5.72. The van der Waals surface area contributed by atoms with E-state index in [0.29, 0.717) is 33.2 Å². The fourth-order valence-corrected chi connectivity index (χ4v) is 5.00. The molecule has 0 radical (unpaired) electrons. The van der Waals surface area contributed by atoms with Crippen molar-refractivity contribution in [2.75, 3.05) is 0 Å². The predicted molar refractivity (Wildman–Crippen MR) is 157 cm³/mol. The van der Waals surface area contributed by atoms with Crippen molar-refractivity contribution in [1.82, 2.24) is 19.9 Å². The number of hydrogen-bond acceptors (Lipinski definition) is 4. The van der Waals surface area contributed by atoms with E-state index in [9.17, 15) is 10.5 Å². The van der Waals surface area contributed by atoms with Gasteiger partial charge >= 0.3 is 0 Å².